The second-order valence-corrected chi connectivity index (χ2v) is 6.64. The van der Waals surface area contributed by atoms with Gasteiger partial charge in [-0.2, -0.15) is 0 Å². The van der Waals surface area contributed by atoms with Gasteiger partial charge in [0, 0.05) is 22.5 Å². The van der Waals surface area contributed by atoms with Crippen molar-refractivity contribution >= 4 is 27.8 Å². The number of rotatable bonds is 4. The van der Waals surface area contributed by atoms with E-state index in [-0.39, 0.29) is 6.42 Å². The van der Waals surface area contributed by atoms with Gasteiger partial charge in [0.25, 0.3) is 0 Å². The van der Waals surface area contributed by atoms with Crippen molar-refractivity contribution in [2.45, 2.75) is 6.42 Å². The molecular formula is C22H16N4O2. The van der Waals surface area contributed by atoms with Crippen LogP contribution in [-0.4, -0.2) is 30.6 Å². The lowest BCUT2D eigenvalue weighted by atomic mass is 10.1. The van der Waals surface area contributed by atoms with E-state index in [9.17, 15) is 9.90 Å². The van der Waals surface area contributed by atoms with Crippen LogP contribution in [0.1, 0.15) is 5.56 Å². The fraction of sp³-hybridized carbons (Fsp3) is 0.0455. The minimum Gasteiger partial charge on any atom is -0.481 e. The van der Waals surface area contributed by atoms with Crippen LogP contribution < -0.4 is 0 Å². The maximum absolute atomic E-state index is 11.2. The second kappa shape index (κ2) is 6.35. The summed E-state index contributed by atoms with van der Waals surface area (Å²) in [7, 11) is 0. The van der Waals surface area contributed by atoms with Crippen molar-refractivity contribution in [1.82, 2.24) is 19.5 Å². The standard InChI is InChI=1S/C22H16N4O2/c27-22(28)10-15-13-26(20-8-4-2-6-16(15)20)21-12-23-11-19(25-21)18-9-14-5-1-3-7-17(14)24-18/h1-9,11-13,24H,10H2,(H,27,28). The number of aromatic nitrogens is 4. The number of fused-ring (bicyclic) bond motifs is 2. The average molecular weight is 368 g/mol. The summed E-state index contributed by atoms with van der Waals surface area (Å²) in [4.78, 5) is 23.7. The van der Waals surface area contributed by atoms with E-state index in [1.165, 1.54) is 0 Å². The van der Waals surface area contributed by atoms with E-state index >= 15 is 0 Å². The predicted molar refractivity (Wildman–Crippen MR) is 107 cm³/mol. The fourth-order valence-electron chi connectivity index (χ4n) is 3.56. The lowest BCUT2D eigenvalue weighted by molar-refractivity contribution is -0.136. The number of carbonyl (C=O) groups is 1. The first-order chi connectivity index (χ1) is 13.7. The molecule has 0 fully saturated rings. The lowest BCUT2D eigenvalue weighted by Gasteiger charge is -2.05. The molecule has 5 aromatic rings. The number of nitrogens with one attached hydrogen (secondary N) is 1. The van der Waals surface area contributed by atoms with E-state index in [0.29, 0.717) is 5.82 Å². The molecule has 6 heteroatoms. The molecule has 0 radical (unpaired) electrons. The number of nitrogens with zero attached hydrogens (tertiary/aromatic N) is 3. The molecule has 0 bridgehead atoms. The zero-order chi connectivity index (χ0) is 19.1. The highest BCUT2D eigenvalue weighted by molar-refractivity contribution is 5.89. The summed E-state index contributed by atoms with van der Waals surface area (Å²) in [6, 6.07) is 17.8. The molecule has 3 aromatic heterocycles. The first kappa shape index (κ1) is 16.3. The molecule has 0 atom stereocenters. The number of hydrogen-bond acceptors (Lipinski definition) is 3. The van der Waals surface area contributed by atoms with Gasteiger partial charge in [-0.25, -0.2) is 4.98 Å². The zero-order valence-corrected chi connectivity index (χ0v) is 14.8. The smallest absolute Gasteiger partial charge is 0.307 e. The lowest BCUT2D eigenvalue weighted by Crippen LogP contribution is -2.00. The Hall–Kier alpha value is -3.93. The summed E-state index contributed by atoms with van der Waals surface area (Å²) in [5.41, 5.74) is 4.31. The highest BCUT2D eigenvalue weighted by Gasteiger charge is 2.14. The number of para-hydroxylation sites is 2. The maximum Gasteiger partial charge on any atom is 0.307 e. The molecule has 0 aliphatic carbocycles. The van der Waals surface area contributed by atoms with E-state index in [1.54, 1.807) is 12.4 Å². The normalized spacial score (nSPS) is 11.3. The molecule has 2 aromatic carbocycles. The van der Waals surface area contributed by atoms with Gasteiger partial charge >= 0.3 is 5.97 Å². The monoisotopic (exact) mass is 368 g/mol. The molecule has 0 unspecified atom stereocenters. The van der Waals surface area contributed by atoms with Crippen LogP contribution in [0.5, 0.6) is 0 Å². The van der Waals surface area contributed by atoms with Crippen LogP contribution in [0.25, 0.3) is 39.0 Å². The van der Waals surface area contributed by atoms with E-state index in [2.05, 4.69) is 9.97 Å². The van der Waals surface area contributed by atoms with Crippen LogP contribution in [0.2, 0.25) is 0 Å². The van der Waals surface area contributed by atoms with Crippen LogP contribution >= 0.6 is 0 Å². The average Bonchev–Trinajstić information content (AvgIpc) is 3.30. The summed E-state index contributed by atoms with van der Waals surface area (Å²) in [6.45, 7) is 0. The van der Waals surface area contributed by atoms with Gasteiger partial charge in [0.1, 0.15) is 5.69 Å². The number of carboxylic acids is 1. The molecule has 0 aliphatic rings. The minimum atomic E-state index is -0.860. The van der Waals surface area contributed by atoms with Crippen LogP contribution in [0.3, 0.4) is 0 Å². The number of aromatic amines is 1. The van der Waals surface area contributed by atoms with Crippen molar-refractivity contribution in [3.8, 4) is 17.2 Å². The Labute approximate surface area is 160 Å². The van der Waals surface area contributed by atoms with E-state index in [4.69, 9.17) is 4.98 Å². The van der Waals surface area contributed by atoms with Crippen LogP contribution in [0.15, 0.2) is 73.2 Å². The molecule has 136 valence electrons. The summed E-state index contributed by atoms with van der Waals surface area (Å²) in [5.74, 6) is -0.218. The van der Waals surface area contributed by atoms with Crippen molar-refractivity contribution in [2.24, 2.45) is 0 Å². The molecular weight excluding hydrogens is 352 g/mol. The number of benzene rings is 2. The highest BCUT2D eigenvalue weighted by Crippen LogP contribution is 2.26. The van der Waals surface area contributed by atoms with Crippen LogP contribution in [0, 0.1) is 0 Å². The summed E-state index contributed by atoms with van der Waals surface area (Å²) < 4.78 is 1.90. The summed E-state index contributed by atoms with van der Waals surface area (Å²) in [5, 5.41) is 11.2. The number of aliphatic carboxylic acids is 1. The largest absolute Gasteiger partial charge is 0.481 e. The topological polar surface area (TPSA) is 83.8 Å². The van der Waals surface area contributed by atoms with Crippen molar-refractivity contribution < 1.29 is 9.90 Å². The minimum absolute atomic E-state index is 0.0390. The molecule has 0 aliphatic heterocycles. The van der Waals surface area contributed by atoms with Crippen LogP contribution in [-0.2, 0) is 11.2 Å². The molecule has 3 heterocycles. The Morgan fingerprint density at radius 3 is 2.75 bits per heavy atom. The molecule has 5 rings (SSSR count). The zero-order valence-electron chi connectivity index (χ0n) is 14.8. The number of carboxylic acid groups (broad SMARTS) is 1. The molecule has 6 nitrogen and oxygen atoms in total. The van der Waals surface area contributed by atoms with E-state index in [0.717, 1.165) is 38.8 Å². The third kappa shape index (κ3) is 2.72. The predicted octanol–water partition coefficient (Wildman–Crippen LogP) is 4.20. The van der Waals surface area contributed by atoms with Gasteiger partial charge < -0.3 is 10.1 Å². The maximum atomic E-state index is 11.2. The SMILES string of the molecule is O=C(O)Cc1cn(-c2cncc(-c3cc4ccccc4[nH]3)n2)c2ccccc12. The van der Waals surface area contributed by atoms with Crippen LogP contribution in [0.4, 0.5) is 0 Å². The Morgan fingerprint density at radius 2 is 1.89 bits per heavy atom. The Bertz CT molecular complexity index is 1300. The van der Waals surface area contributed by atoms with E-state index in [1.807, 2.05) is 65.4 Å². The summed E-state index contributed by atoms with van der Waals surface area (Å²) >= 11 is 0. The Morgan fingerprint density at radius 1 is 1.07 bits per heavy atom. The summed E-state index contributed by atoms with van der Waals surface area (Å²) in [6.07, 6.45) is 5.20. The van der Waals surface area contributed by atoms with Crippen molar-refractivity contribution in [1.29, 1.82) is 0 Å². The molecule has 2 N–H and O–H groups in total. The van der Waals surface area contributed by atoms with Gasteiger partial charge in [-0.15, -0.1) is 0 Å². The van der Waals surface area contributed by atoms with Gasteiger partial charge in [0.2, 0.25) is 0 Å². The molecule has 0 spiro atoms. The number of hydrogen-bond donors (Lipinski definition) is 2. The van der Waals surface area contributed by atoms with Crippen molar-refractivity contribution in [2.75, 3.05) is 0 Å². The van der Waals surface area contributed by atoms with Gasteiger partial charge in [-0.05, 0) is 23.8 Å². The van der Waals surface area contributed by atoms with E-state index < -0.39 is 5.97 Å². The first-order valence-corrected chi connectivity index (χ1v) is 8.90. The first-order valence-electron chi connectivity index (χ1n) is 8.90. The Kier molecular flexibility index (Phi) is 3.69. The van der Waals surface area contributed by atoms with Crippen molar-refractivity contribution in [3.05, 3.63) is 78.8 Å². The fourth-order valence-corrected chi connectivity index (χ4v) is 3.56. The molecule has 0 saturated carbocycles. The van der Waals surface area contributed by atoms with Gasteiger partial charge in [-0.1, -0.05) is 36.4 Å². The van der Waals surface area contributed by atoms with Crippen molar-refractivity contribution in [3.63, 3.8) is 0 Å². The molecule has 0 saturated heterocycles. The van der Waals surface area contributed by atoms with Gasteiger partial charge in [-0.3, -0.25) is 14.3 Å². The quantitative estimate of drug-likeness (QED) is 0.498. The van der Waals surface area contributed by atoms with Gasteiger partial charge in [0.05, 0.1) is 30.0 Å². The third-order valence-corrected chi connectivity index (χ3v) is 4.81. The third-order valence-electron chi connectivity index (χ3n) is 4.81. The number of H-pyrrole nitrogens is 1. The second-order valence-electron chi connectivity index (χ2n) is 6.64. The highest BCUT2D eigenvalue weighted by atomic mass is 16.4. The molecule has 28 heavy (non-hydrogen) atoms. The Balaban J connectivity index is 1.64. The molecule has 0 amide bonds. The van der Waals surface area contributed by atoms with Gasteiger partial charge in [0.15, 0.2) is 5.82 Å².